The SMILES string of the molecule is Cc1cccc(-n2cc(C3CCN(C(=O)c4cccc(F)c4)CC3)cn2)c1. The number of rotatable bonds is 3. The Morgan fingerprint density at radius 2 is 1.89 bits per heavy atom. The van der Waals surface area contributed by atoms with Gasteiger partial charge >= 0.3 is 0 Å². The topological polar surface area (TPSA) is 38.1 Å². The second-order valence-corrected chi connectivity index (χ2v) is 7.13. The summed E-state index contributed by atoms with van der Waals surface area (Å²) in [6, 6.07) is 14.2. The number of amides is 1. The van der Waals surface area contributed by atoms with E-state index >= 15 is 0 Å². The highest BCUT2D eigenvalue weighted by atomic mass is 19.1. The number of carbonyl (C=O) groups excluding carboxylic acids is 1. The van der Waals surface area contributed by atoms with Gasteiger partial charge in [-0.25, -0.2) is 9.07 Å². The van der Waals surface area contributed by atoms with Crippen LogP contribution < -0.4 is 0 Å². The number of likely N-dealkylation sites (tertiary alicyclic amines) is 1. The van der Waals surface area contributed by atoms with Gasteiger partial charge in [0.15, 0.2) is 0 Å². The lowest BCUT2D eigenvalue weighted by Gasteiger charge is -2.31. The van der Waals surface area contributed by atoms with Crippen LogP contribution in [0.1, 0.15) is 40.2 Å². The summed E-state index contributed by atoms with van der Waals surface area (Å²) in [4.78, 5) is 14.4. The minimum absolute atomic E-state index is 0.0941. The van der Waals surface area contributed by atoms with Crippen molar-refractivity contribution in [3.05, 3.63) is 83.4 Å². The molecule has 0 bridgehead atoms. The summed E-state index contributed by atoms with van der Waals surface area (Å²) < 4.78 is 15.3. The van der Waals surface area contributed by atoms with E-state index in [4.69, 9.17) is 0 Å². The molecule has 0 aliphatic carbocycles. The third-order valence-corrected chi connectivity index (χ3v) is 5.19. The van der Waals surface area contributed by atoms with Crippen molar-refractivity contribution < 1.29 is 9.18 Å². The van der Waals surface area contributed by atoms with Crippen LogP contribution in [0.15, 0.2) is 60.9 Å². The summed E-state index contributed by atoms with van der Waals surface area (Å²) in [6.45, 7) is 3.42. The zero-order chi connectivity index (χ0) is 18.8. The van der Waals surface area contributed by atoms with Crippen LogP contribution >= 0.6 is 0 Å². The van der Waals surface area contributed by atoms with E-state index in [1.54, 1.807) is 12.1 Å². The predicted octanol–water partition coefficient (Wildman–Crippen LogP) is 4.34. The summed E-state index contributed by atoms with van der Waals surface area (Å²) >= 11 is 0. The Balaban J connectivity index is 1.42. The van der Waals surface area contributed by atoms with E-state index in [0.717, 1.165) is 18.5 Å². The second kappa shape index (κ2) is 7.35. The zero-order valence-electron chi connectivity index (χ0n) is 15.3. The fraction of sp³-hybridized carbons (Fsp3) is 0.273. The van der Waals surface area contributed by atoms with Crippen LogP contribution in [0.5, 0.6) is 0 Å². The van der Waals surface area contributed by atoms with Gasteiger partial charge in [0.25, 0.3) is 5.91 Å². The van der Waals surface area contributed by atoms with E-state index in [2.05, 4.69) is 30.4 Å². The number of halogens is 1. The first-order valence-electron chi connectivity index (χ1n) is 9.26. The molecule has 4 rings (SSSR count). The van der Waals surface area contributed by atoms with E-state index in [0.29, 0.717) is 24.6 Å². The maximum atomic E-state index is 13.4. The molecule has 1 fully saturated rings. The van der Waals surface area contributed by atoms with Crippen molar-refractivity contribution in [2.45, 2.75) is 25.7 Å². The highest BCUT2D eigenvalue weighted by molar-refractivity contribution is 5.94. The molecule has 0 spiro atoms. The van der Waals surface area contributed by atoms with Crippen molar-refractivity contribution in [2.75, 3.05) is 13.1 Å². The highest BCUT2D eigenvalue weighted by Gasteiger charge is 2.25. The van der Waals surface area contributed by atoms with Crippen molar-refractivity contribution in [3.63, 3.8) is 0 Å². The van der Waals surface area contributed by atoms with Crippen LogP contribution in [0.25, 0.3) is 5.69 Å². The minimum Gasteiger partial charge on any atom is -0.339 e. The Bertz CT molecular complexity index is 957. The normalized spacial score (nSPS) is 15.1. The summed E-state index contributed by atoms with van der Waals surface area (Å²) in [5.41, 5.74) is 3.88. The molecule has 3 aromatic rings. The number of carbonyl (C=O) groups is 1. The maximum absolute atomic E-state index is 13.4. The molecule has 27 heavy (non-hydrogen) atoms. The molecular weight excluding hydrogens is 341 g/mol. The van der Waals surface area contributed by atoms with E-state index in [-0.39, 0.29) is 11.7 Å². The van der Waals surface area contributed by atoms with Gasteiger partial charge in [0.2, 0.25) is 0 Å². The van der Waals surface area contributed by atoms with Crippen LogP contribution in [-0.2, 0) is 0 Å². The Kier molecular flexibility index (Phi) is 4.75. The van der Waals surface area contributed by atoms with Crippen LogP contribution in [0.3, 0.4) is 0 Å². The Morgan fingerprint density at radius 3 is 2.63 bits per heavy atom. The predicted molar refractivity (Wildman–Crippen MR) is 103 cm³/mol. The summed E-state index contributed by atoms with van der Waals surface area (Å²) in [5, 5.41) is 4.51. The third kappa shape index (κ3) is 3.77. The van der Waals surface area contributed by atoms with Gasteiger partial charge in [-0.15, -0.1) is 0 Å². The molecule has 138 valence electrons. The summed E-state index contributed by atoms with van der Waals surface area (Å²) in [5.74, 6) is -0.0807. The van der Waals surface area contributed by atoms with Crippen LogP contribution in [0.2, 0.25) is 0 Å². The second-order valence-electron chi connectivity index (χ2n) is 7.13. The third-order valence-electron chi connectivity index (χ3n) is 5.19. The molecule has 0 N–H and O–H groups in total. The fourth-order valence-corrected chi connectivity index (χ4v) is 3.68. The average molecular weight is 363 g/mol. The Labute approximate surface area is 158 Å². The van der Waals surface area contributed by atoms with Gasteiger partial charge < -0.3 is 4.90 Å². The molecule has 1 saturated heterocycles. The van der Waals surface area contributed by atoms with Gasteiger partial charge in [0.05, 0.1) is 11.9 Å². The molecule has 2 heterocycles. The molecule has 2 aromatic carbocycles. The van der Waals surface area contributed by atoms with Crippen molar-refractivity contribution in [3.8, 4) is 5.69 Å². The number of nitrogens with zero attached hydrogens (tertiary/aromatic N) is 3. The smallest absolute Gasteiger partial charge is 0.253 e. The van der Waals surface area contributed by atoms with E-state index < -0.39 is 0 Å². The van der Waals surface area contributed by atoms with Crippen LogP contribution in [0, 0.1) is 12.7 Å². The summed E-state index contributed by atoms with van der Waals surface area (Å²) in [7, 11) is 0. The molecule has 4 nitrogen and oxygen atoms in total. The molecule has 0 atom stereocenters. The van der Waals surface area contributed by atoms with Gasteiger partial charge in [-0.2, -0.15) is 5.10 Å². The van der Waals surface area contributed by atoms with Gasteiger partial charge in [-0.3, -0.25) is 4.79 Å². The monoisotopic (exact) mass is 363 g/mol. The standard InChI is InChI=1S/C22H22FN3O/c1-16-4-2-7-21(12-16)26-15-19(14-24-26)17-8-10-25(11-9-17)22(27)18-5-3-6-20(23)13-18/h2-7,12-15,17H,8-11H2,1H3. The average Bonchev–Trinajstić information content (AvgIpc) is 3.18. The number of aromatic nitrogens is 2. The fourth-order valence-electron chi connectivity index (χ4n) is 3.68. The summed E-state index contributed by atoms with van der Waals surface area (Å²) in [6.07, 6.45) is 5.79. The van der Waals surface area contributed by atoms with Crippen molar-refractivity contribution >= 4 is 5.91 Å². The number of piperidine rings is 1. The maximum Gasteiger partial charge on any atom is 0.253 e. The molecule has 1 aliphatic rings. The molecule has 1 aromatic heterocycles. The largest absolute Gasteiger partial charge is 0.339 e. The van der Waals surface area contributed by atoms with E-state index in [9.17, 15) is 9.18 Å². The first-order chi connectivity index (χ1) is 13.1. The molecular formula is C22H22FN3O. The quantitative estimate of drug-likeness (QED) is 0.694. The molecule has 1 amide bonds. The lowest BCUT2D eigenvalue weighted by atomic mass is 9.91. The number of hydrogen-bond acceptors (Lipinski definition) is 2. The van der Waals surface area contributed by atoms with Gasteiger partial charge in [0.1, 0.15) is 5.82 Å². The van der Waals surface area contributed by atoms with E-state index in [1.165, 1.54) is 23.3 Å². The Hall–Kier alpha value is -2.95. The van der Waals surface area contributed by atoms with Gasteiger partial charge in [-0.05, 0) is 67.1 Å². The van der Waals surface area contributed by atoms with Crippen LogP contribution in [0.4, 0.5) is 4.39 Å². The van der Waals surface area contributed by atoms with Crippen LogP contribution in [-0.4, -0.2) is 33.7 Å². The van der Waals surface area contributed by atoms with Crippen molar-refractivity contribution in [1.82, 2.24) is 14.7 Å². The zero-order valence-corrected chi connectivity index (χ0v) is 15.3. The minimum atomic E-state index is -0.376. The first kappa shape index (κ1) is 17.5. The molecule has 0 radical (unpaired) electrons. The molecule has 1 aliphatic heterocycles. The Morgan fingerprint density at radius 1 is 1.11 bits per heavy atom. The lowest BCUT2D eigenvalue weighted by Crippen LogP contribution is -2.37. The first-order valence-corrected chi connectivity index (χ1v) is 9.26. The van der Waals surface area contributed by atoms with Gasteiger partial charge in [-0.1, -0.05) is 18.2 Å². The lowest BCUT2D eigenvalue weighted by molar-refractivity contribution is 0.0712. The number of hydrogen-bond donors (Lipinski definition) is 0. The van der Waals surface area contributed by atoms with Gasteiger partial charge in [0, 0.05) is 24.8 Å². The highest BCUT2D eigenvalue weighted by Crippen LogP contribution is 2.29. The van der Waals surface area contributed by atoms with E-state index in [1.807, 2.05) is 27.9 Å². The molecule has 0 saturated carbocycles. The number of benzene rings is 2. The van der Waals surface area contributed by atoms with Crippen molar-refractivity contribution in [2.24, 2.45) is 0 Å². The van der Waals surface area contributed by atoms with Crippen molar-refractivity contribution in [1.29, 1.82) is 0 Å². The molecule has 0 unspecified atom stereocenters. The molecule has 5 heteroatoms. The number of aryl methyl sites for hydroxylation is 1.